The fraction of sp³-hybridized carbons (Fsp3) is 0.533. The Morgan fingerprint density at radius 2 is 2.00 bits per heavy atom. The molecule has 1 saturated heterocycles. The van der Waals surface area contributed by atoms with Gasteiger partial charge < -0.3 is 4.90 Å². The number of sulfone groups is 1. The predicted molar refractivity (Wildman–Crippen MR) is 79.8 cm³/mol. The molecule has 1 aromatic rings. The monoisotopic (exact) mass is 295 g/mol. The minimum absolute atomic E-state index is 0.0720. The molecule has 110 valence electrons. The molecule has 1 aliphatic rings. The lowest BCUT2D eigenvalue weighted by Crippen LogP contribution is -2.44. The quantitative estimate of drug-likeness (QED) is 0.856. The fourth-order valence-corrected chi connectivity index (χ4v) is 3.86. The van der Waals surface area contributed by atoms with Gasteiger partial charge in [0.2, 0.25) is 0 Å². The van der Waals surface area contributed by atoms with E-state index in [0.717, 1.165) is 25.8 Å². The van der Waals surface area contributed by atoms with Gasteiger partial charge in [0.1, 0.15) is 0 Å². The smallest absolute Gasteiger partial charge is 0.180 e. The number of piperidine rings is 1. The fourth-order valence-electron chi connectivity index (χ4n) is 2.76. The number of anilines is 1. The van der Waals surface area contributed by atoms with Gasteiger partial charge in [-0.2, -0.15) is 0 Å². The highest BCUT2D eigenvalue weighted by molar-refractivity contribution is 7.91. The highest BCUT2D eigenvalue weighted by Gasteiger charge is 2.29. The van der Waals surface area contributed by atoms with Crippen molar-refractivity contribution >= 4 is 21.3 Å². The van der Waals surface area contributed by atoms with Gasteiger partial charge in [0, 0.05) is 6.54 Å². The average Bonchev–Trinajstić information content (AvgIpc) is 2.47. The number of nitrogens with zero attached hydrogens (tertiary/aromatic N) is 1. The van der Waals surface area contributed by atoms with Crippen LogP contribution in [-0.2, 0) is 14.6 Å². The number of ketones is 1. The van der Waals surface area contributed by atoms with E-state index in [1.807, 2.05) is 17.0 Å². The van der Waals surface area contributed by atoms with Crippen LogP contribution in [0.5, 0.6) is 0 Å². The summed E-state index contributed by atoms with van der Waals surface area (Å²) in [5.74, 6) is 0.177. The van der Waals surface area contributed by atoms with Crippen molar-refractivity contribution in [3.63, 3.8) is 0 Å². The van der Waals surface area contributed by atoms with E-state index in [1.54, 1.807) is 26.0 Å². The molecular formula is C15H21NO3S. The third kappa shape index (κ3) is 2.87. The van der Waals surface area contributed by atoms with Crippen molar-refractivity contribution in [1.29, 1.82) is 0 Å². The van der Waals surface area contributed by atoms with Crippen molar-refractivity contribution < 1.29 is 13.2 Å². The molecule has 1 unspecified atom stereocenters. The molecule has 0 saturated carbocycles. The summed E-state index contributed by atoms with van der Waals surface area (Å²) >= 11 is 0. The Balaban J connectivity index is 2.49. The molecule has 0 bridgehead atoms. The van der Waals surface area contributed by atoms with Gasteiger partial charge in [-0.25, -0.2) is 8.42 Å². The summed E-state index contributed by atoms with van der Waals surface area (Å²) in [4.78, 5) is 14.1. The van der Waals surface area contributed by atoms with E-state index in [1.165, 1.54) is 0 Å². The summed E-state index contributed by atoms with van der Waals surface area (Å²) in [7, 11) is -3.28. The maximum absolute atomic E-state index is 12.2. The first-order valence-corrected chi connectivity index (χ1v) is 8.71. The first-order chi connectivity index (χ1) is 9.47. The molecule has 1 heterocycles. The largest absolute Gasteiger partial charge is 0.360 e. The maximum Gasteiger partial charge on any atom is 0.180 e. The Morgan fingerprint density at radius 3 is 2.65 bits per heavy atom. The van der Waals surface area contributed by atoms with Crippen molar-refractivity contribution in [3.8, 4) is 0 Å². The van der Waals surface area contributed by atoms with Crippen molar-refractivity contribution in [2.24, 2.45) is 0 Å². The van der Waals surface area contributed by atoms with Gasteiger partial charge in [-0.1, -0.05) is 19.1 Å². The van der Waals surface area contributed by atoms with Crippen molar-refractivity contribution in [1.82, 2.24) is 0 Å². The van der Waals surface area contributed by atoms with E-state index in [-0.39, 0.29) is 17.6 Å². The average molecular weight is 295 g/mol. The lowest BCUT2D eigenvalue weighted by molar-refractivity contribution is -0.118. The number of rotatable bonds is 4. The van der Waals surface area contributed by atoms with E-state index in [2.05, 4.69) is 0 Å². The predicted octanol–water partition coefficient (Wildman–Crippen LogP) is 2.43. The Hall–Kier alpha value is -1.36. The second-order valence-electron chi connectivity index (χ2n) is 5.19. The summed E-state index contributed by atoms with van der Waals surface area (Å²) in [6.45, 7) is 3.96. The molecule has 0 spiro atoms. The molecule has 1 aliphatic heterocycles. The van der Waals surface area contributed by atoms with Crippen LogP contribution in [0, 0.1) is 0 Å². The van der Waals surface area contributed by atoms with Crippen molar-refractivity contribution in [3.05, 3.63) is 24.3 Å². The van der Waals surface area contributed by atoms with Gasteiger partial charge in [-0.15, -0.1) is 0 Å². The van der Waals surface area contributed by atoms with Crippen LogP contribution in [0.3, 0.4) is 0 Å². The molecule has 20 heavy (non-hydrogen) atoms. The highest BCUT2D eigenvalue weighted by Crippen LogP contribution is 2.31. The molecule has 4 nitrogen and oxygen atoms in total. The highest BCUT2D eigenvalue weighted by atomic mass is 32.2. The topological polar surface area (TPSA) is 54.5 Å². The number of benzene rings is 1. The summed E-state index contributed by atoms with van der Waals surface area (Å²) in [6, 6.07) is 6.81. The van der Waals surface area contributed by atoms with Gasteiger partial charge >= 0.3 is 0 Å². The number of Topliss-reactive ketones (excluding diaryl/α,β-unsaturated/α-hetero) is 1. The van der Waals surface area contributed by atoms with Crippen molar-refractivity contribution in [2.45, 2.75) is 44.0 Å². The molecule has 2 rings (SSSR count). The van der Waals surface area contributed by atoms with Crippen molar-refractivity contribution in [2.75, 3.05) is 17.2 Å². The first-order valence-electron chi connectivity index (χ1n) is 7.06. The van der Waals surface area contributed by atoms with E-state index >= 15 is 0 Å². The zero-order valence-corrected chi connectivity index (χ0v) is 12.8. The Labute approximate surface area is 120 Å². The van der Waals surface area contributed by atoms with Gasteiger partial charge in [0.25, 0.3) is 0 Å². The van der Waals surface area contributed by atoms with E-state index in [9.17, 15) is 13.2 Å². The van der Waals surface area contributed by atoms with Crippen LogP contribution in [0.25, 0.3) is 0 Å². The Morgan fingerprint density at radius 1 is 1.30 bits per heavy atom. The number of hydrogen-bond donors (Lipinski definition) is 0. The molecule has 1 atom stereocenters. The Bertz CT molecular complexity index is 595. The molecule has 1 aromatic carbocycles. The third-order valence-corrected chi connectivity index (χ3v) is 5.64. The van der Waals surface area contributed by atoms with E-state index in [4.69, 9.17) is 0 Å². The Kier molecular flexibility index (Phi) is 4.48. The number of para-hydroxylation sites is 1. The summed E-state index contributed by atoms with van der Waals surface area (Å²) < 4.78 is 24.5. The van der Waals surface area contributed by atoms with Crippen LogP contribution in [-0.4, -0.2) is 32.5 Å². The van der Waals surface area contributed by atoms with Crippen LogP contribution in [0.2, 0.25) is 0 Å². The standard InChI is InChI=1S/C15H21NO3S/c1-3-20(18,19)15-10-5-4-9-14(15)16-11-7-6-8-13(16)12(2)17/h4-5,9-10,13H,3,6-8,11H2,1-2H3. The maximum atomic E-state index is 12.2. The summed E-state index contributed by atoms with van der Waals surface area (Å²) in [6.07, 6.45) is 2.81. The van der Waals surface area contributed by atoms with Gasteiger partial charge in [-0.3, -0.25) is 4.79 Å². The van der Waals surface area contributed by atoms with Gasteiger partial charge in [0.15, 0.2) is 15.6 Å². The van der Waals surface area contributed by atoms with Gasteiger partial charge in [-0.05, 0) is 38.3 Å². The normalized spacial score (nSPS) is 19.9. The SMILES string of the molecule is CCS(=O)(=O)c1ccccc1N1CCCCC1C(C)=O. The lowest BCUT2D eigenvalue weighted by atomic mass is 9.98. The molecule has 0 aromatic heterocycles. The summed E-state index contributed by atoms with van der Waals surface area (Å²) in [5.41, 5.74) is 0.675. The zero-order valence-electron chi connectivity index (χ0n) is 12.0. The van der Waals surface area contributed by atoms with E-state index in [0.29, 0.717) is 10.6 Å². The molecule has 0 aliphatic carbocycles. The van der Waals surface area contributed by atoms with Gasteiger partial charge in [0.05, 0.1) is 22.4 Å². The molecule has 1 fully saturated rings. The summed E-state index contributed by atoms with van der Waals surface area (Å²) in [5, 5.41) is 0. The number of carbonyl (C=O) groups is 1. The van der Waals surface area contributed by atoms with E-state index < -0.39 is 9.84 Å². The number of hydrogen-bond acceptors (Lipinski definition) is 4. The van der Waals surface area contributed by atoms with Crippen LogP contribution < -0.4 is 4.90 Å². The van der Waals surface area contributed by atoms with Crippen LogP contribution in [0.1, 0.15) is 33.1 Å². The zero-order chi connectivity index (χ0) is 14.8. The second kappa shape index (κ2) is 5.95. The minimum atomic E-state index is -3.28. The first kappa shape index (κ1) is 15.0. The molecule has 0 amide bonds. The number of carbonyl (C=O) groups excluding carboxylic acids is 1. The molecule has 5 heteroatoms. The third-order valence-electron chi connectivity index (χ3n) is 3.86. The lowest BCUT2D eigenvalue weighted by Gasteiger charge is -2.37. The van der Waals surface area contributed by atoms with Crippen LogP contribution in [0.15, 0.2) is 29.2 Å². The van der Waals surface area contributed by atoms with Crippen LogP contribution in [0.4, 0.5) is 5.69 Å². The molecule has 0 N–H and O–H groups in total. The molecular weight excluding hydrogens is 274 g/mol. The van der Waals surface area contributed by atoms with Crippen LogP contribution >= 0.6 is 0 Å². The second-order valence-corrected chi connectivity index (χ2v) is 7.43. The minimum Gasteiger partial charge on any atom is -0.360 e. The molecule has 0 radical (unpaired) electrons.